The van der Waals surface area contributed by atoms with E-state index in [1.807, 2.05) is 6.07 Å². The van der Waals surface area contributed by atoms with E-state index in [1.165, 1.54) is 0 Å². The van der Waals surface area contributed by atoms with E-state index in [0.717, 1.165) is 5.69 Å². The minimum Gasteiger partial charge on any atom is -0.495 e. The summed E-state index contributed by atoms with van der Waals surface area (Å²) in [6, 6.07) is 12.3. The zero-order valence-electron chi connectivity index (χ0n) is 13.1. The molecule has 0 fully saturated rings. The fourth-order valence-electron chi connectivity index (χ4n) is 2.09. The summed E-state index contributed by atoms with van der Waals surface area (Å²) in [6.07, 6.45) is 1.63. The van der Waals surface area contributed by atoms with Gasteiger partial charge < -0.3 is 15.4 Å². The fourth-order valence-corrected chi connectivity index (χ4v) is 2.81. The first-order chi connectivity index (χ1) is 12.0. The van der Waals surface area contributed by atoms with Crippen molar-refractivity contribution >= 4 is 57.9 Å². The molecule has 8 heteroatoms. The van der Waals surface area contributed by atoms with Crippen LogP contribution in [-0.2, 0) is 0 Å². The van der Waals surface area contributed by atoms with Gasteiger partial charge in [-0.2, -0.15) is 4.98 Å². The second-order valence-corrected chi connectivity index (χ2v) is 6.24. The maximum atomic E-state index is 6.15. The van der Waals surface area contributed by atoms with Crippen LogP contribution in [-0.4, -0.2) is 17.1 Å². The van der Waals surface area contributed by atoms with Gasteiger partial charge in [0.25, 0.3) is 0 Å². The summed E-state index contributed by atoms with van der Waals surface area (Å²) >= 11 is 18.2. The van der Waals surface area contributed by atoms with Crippen LogP contribution in [0.5, 0.6) is 5.75 Å². The van der Waals surface area contributed by atoms with Crippen molar-refractivity contribution in [3.8, 4) is 5.75 Å². The van der Waals surface area contributed by atoms with Gasteiger partial charge in [-0.05, 0) is 42.5 Å². The molecule has 5 nitrogen and oxygen atoms in total. The van der Waals surface area contributed by atoms with Gasteiger partial charge in [0.05, 0.1) is 22.8 Å². The van der Waals surface area contributed by atoms with Crippen molar-refractivity contribution in [3.05, 3.63) is 63.7 Å². The number of anilines is 4. The van der Waals surface area contributed by atoms with Gasteiger partial charge in [0.2, 0.25) is 5.95 Å². The fraction of sp³-hybridized carbons (Fsp3) is 0.0588. The Kier molecular flexibility index (Phi) is 5.48. The molecule has 0 saturated heterocycles. The Bertz CT molecular complexity index is 905. The average molecular weight is 396 g/mol. The lowest BCUT2D eigenvalue weighted by Gasteiger charge is -2.10. The quantitative estimate of drug-likeness (QED) is 0.560. The number of rotatable bonds is 5. The molecule has 2 aromatic carbocycles. The predicted molar refractivity (Wildman–Crippen MR) is 103 cm³/mol. The first-order valence-corrected chi connectivity index (χ1v) is 8.34. The van der Waals surface area contributed by atoms with Crippen molar-refractivity contribution in [1.82, 2.24) is 9.97 Å². The molecule has 1 aromatic heterocycles. The Balaban J connectivity index is 1.78. The Labute approximate surface area is 159 Å². The van der Waals surface area contributed by atoms with E-state index >= 15 is 0 Å². The monoisotopic (exact) mass is 394 g/mol. The summed E-state index contributed by atoms with van der Waals surface area (Å²) in [5, 5.41) is 7.77. The molecule has 2 N–H and O–H groups in total. The van der Waals surface area contributed by atoms with Gasteiger partial charge in [-0.1, -0.05) is 34.8 Å². The largest absolute Gasteiger partial charge is 0.495 e. The highest BCUT2D eigenvalue weighted by molar-refractivity contribution is 6.36. The molecule has 0 aliphatic carbocycles. The normalized spacial score (nSPS) is 10.4. The Morgan fingerprint density at radius 3 is 2.48 bits per heavy atom. The van der Waals surface area contributed by atoms with E-state index in [2.05, 4.69) is 20.6 Å². The molecule has 3 rings (SSSR count). The van der Waals surface area contributed by atoms with Crippen molar-refractivity contribution in [1.29, 1.82) is 0 Å². The highest BCUT2D eigenvalue weighted by atomic mass is 35.5. The number of hydrogen-bond acceptors (Lipinski definition) is 5. The lowest BCUT2D eigenvalue weighted by molar-refractivity contribution is 0.415. The van der Waals surface area contributed by atoms with Crippen molar-refractivity contribution in [2.45, 2.75) is 0 Å². The first-order valence-electron chi connectivity index (χ1n) is 7.21. The van der Waals surface area contributed by atoms with E-state index in [1.54, 1.807) is 49.7 Å². The average Bonchev–Trinajstić information content (AvgIpc) is 2.58. The molecule has 0 spiro atoms. The van der Waals surface area contributed by atoms with Crippen LogP contribution in [0.1, 0.15) is 0 Å². The summed E-state index contributed by atoms with van der Waals surface area (Å²) in [6.45, 7) is 0. The molecule has 1 heterocycles. The SMILES string of the molecule is COc1ccc(Nc2ccnc(Nc3ccc(Cl)cc3Cl)n2)cc1Cl. The van der Waals surface area contributed by atoms with E-state index in [9.17, 15) is 0 Å². The molecule has 0 aliphatic heterocycles. The number of halogens is 3. The molecule has 0 radical (unpaired) electrons. The number of benzene rings is 2. The molecule has 25 heavy (non-hydrogen) atoms. The van der Waals surface area contributed by atoms with Crippen LogP contribution in [0.3, 0.4) is 0 Å². The van der Waals surface area contributed by atoms with Gasteiger partial charge in [0.15, 0.2) is 0 Å². The Morgan fingerprint density at radius 2 is 1.76 bits per heavy atom. The van der Waals surface area contributed by atoms with Crippen LogP contribution in [0.25, 0.3) is 0 Å². The molecule has 0 amide bonds. The summed E-state index contributed by atoms with van der Waals surface area (Å²) in [5.41, 5.74) is 1.44. The topological polar surface area (TPSA) is 59.1 Å². The number of aromatic nitrogens is 2. The van der Waals surface area contributed by atoms with Crippen molar-refractivity contribution in [2.75, 3.05) is 17.7 Å². The third kappa shape index (κ3) is 4.45. The molecule has 0 bridgehead atoms. The van der Waals surface area contributed by atoms with Gasteiger partial charge in [-0.3, -0.25) is 0 Å². The van der Waals surface area contributed by atoms with Gasteiger partial charge in [0, 0.05) is 16.9 Å². The van der Waals surface area contributed by atoms with Crippen LogP contribution in [0, 0.1) is 0 Å². The smallest absolute Gasteiger partial charge is 0.229 e. The second kappa shape index (κ2) is 7.78. The van der Waals surface area contributed by atoms with Crippen LogP contribution in [0.2, 0.25) is 15.1 Å². The molecule has 0 aliphatic rings. The number of hydrogen-bond donors (Lipinski definition) is 2. The second-order valence-electron chi connectivity index (χ2n) is 4.99. The maximum Gasteiger partial charge on any atom is 0.229 e. The lowest BCUT2D eigenvalue weighted by atomic mass is 10.3. The summed E-state index contributed by atoms with van der Waals surface area (Å²) in [5.74, 6) is 1.60. The van der Waals surface area contributed by atoms with E-state index < -0.39 is 0 Å². The van der Waals surface area contributed by atoms with E-state index in [-0.39, 0.29) is 0 Å². The van der Waals surface area contributed by atoms with Crippen LogP contribution in [0.15, 0.2) is 48.7 Å². The van der Waals surface area contributed by atoms with Gasteiger partial charge in [0.1, 0.15) is 11.6 Å². The van der Waals surface area contributed by atoms with E-state index in [4.69, 9.17) is 39.5 Å². The zero-order valence-corrected chi connectivity index (χ0v) is 15.3. The summed E-state index contributed by atoms with van der Waals surface area (Å²) < 4.78 is 5.14. The molecular weight excluding hydrogens is 383 g/mol. The van der Waals surface area contributed by atoms with Crippen molar-refractivity contribution < 1.29 is 4.74 Å². The lowest BCUT2D eigenvalue weighted by Crippen LogP contribution is -2.00. The maximum absolute atomic E-state index is 6.15. The first kappa shape index (κ1) is 17.6. The van der Waals surface area contributed by atoms with Crippen LogP contribution >= 0.6 is 34.8 Å². The standard InChI is InChI=1S/C17H13Cl3N4O/c1-25-15-5-3-11(9-13(15)20)22-16-6-7-21-17(24-16)23-14-4-2-10(18)8-12(14)19/h2-9H,1H3,(H2,21,22,23,24). The molecular formula is C17H13Cl3N4O. The molecule has 0 saturated carbocycles. The molecule has 3 aromatic rings. The Hall–Kier alpha value is -2.21. The number of methoxy groups -OCH3 is 1. The van der Waals surface area contributed by atoms with E-state index in [0.29, 0.717) is 38.3 Å². The molecule has 0 unspecified atom stereocenters. The molecule has 128 valence electrons. The summed E-state index contributed by atoms with van der Waals surface area (Å²) in [7, 11) is 1.57. The van der Waals surface area contributed by atoms with Gasteiger partial charge in [-0.25, -0.2) is 4.98 Å². The predicted octanol–water partition coefficient (Wildman–Crippen LogP) is 5.93. The third-order valence-electron chi connectivity index (χ3n) is 3.26. The third-order valence-corrected chi connectivity index (χ3v) is 4.10. The number of ether oxygens (including phenoxy) is 1. The minimum absolute atomic E-state index is 0.397. The minimum atomic E-state index is 0.397. The van der Waals surface area contributed by atoms with Gasteiger partial charge >= 0.3 is 0 Å². The molecule has 0 atom stereocenters. The summed E-state index contributed by atoms with van der Waals surface area (Å²) in [4.78, 5) is 8.58. The van der Waals surface area contributed by atoms with Crippen LogP contribution < -0.4 is 15.4 Å². The highest BCUT2D eigenvalue weighted by Gasteiger charge is 2.06. The van der Waals surface area contributed by atoms with Gasteiger partial charge in [-0.15, -0.1) is 0 Å². The number of nitrogens with zero attached hydrogens (tertiary/aromatic N) is 2. The zero-order chi connectivity index (χ0) is 17.8. The Morgan fingerprint density at radius 1 is 0.920 bits per heavy atom. The van der Waals surface area contributed by atoms with Crippen molar-refractivity contribution in [3.63, 3.8) is 0 Å². The number of nitrogens with one attached hydrogen (secondary N) is 2. The van der Waals surface area contributed by atoms with Crippen LogP contribution in [0.4, 0.5) is 23.1 Å². The highest BCUT2D eigenvalue weighted by Crippen LogP contribution is 2.29. The van der Waals surface area contributed by atoms with Crippen molar-refractivity contribution in [2.24, 2.45) is 0 Å².